The van der Waals surface area contributed by atoms with Crippen LogP contribution in [0.4, 0.5) is 9.59 Å². The Morgan fingerprint density at radius 2 is 1.43 bits per heavy atom. The van der Waals surface area contributed by atoms with E-state index in [0.717, 1.165) is 10.5 Å². The van der Waals surface area contributed by atoms with Gasteiger partial charge in [0, 0.05) is 0 Å². The summed E-state index contributed by atoms with van der Waals surface area (Å²) in [4.78, 5) is 30.7. The summed E-state index contributed by atoms with van der Waals surface area (Å²) >= 11 is 0. The van der Waals surface area contributed by atoms with Gasteiger partial charge in [-0.25, -0.2) is 19.4 Å². The van der Waals surface area contributed by atoms with Gasteiger partial charge in [-0.3, -0.25) is 5.26 Å². The van der Waals surface area contributed by atoms with Gasteiger partial charge in [-0.2, -0.15) is 0 Å². The van der Waals surface area contributed by atoms with E-state index in [1.165, 1.54) is 0 Å². The molecule has 156 valence electrons. The third-order valence-electron chi connectivity index (χ3n) is 3.46. The van der Waals surface area contributed by atoms with E-state index >= 15 is 0 Å². The normalized spacial score (nSPS) is 14.4. The van der Waals surface area contributed by atoms with E-state index in [1.807, 2.05) is 30.3 Å². The fourth-order valence-electron chi connectivity index (χ4n) is 2.23. The molecular formula is C21H31NO6. The molecule has 7 heteroatoms. The Kier molecular flexibility index (Phi) is 8.20. The first-order valence-corrected chi connectivity index (χ1v) is 9.13. The summed E-state index contributed by atoms with van der Waals surface area (Å²) < 4.78 is 10.7. The Morgan fingerprint density at radius 3 is 1.82 bits per heavy atom. The fraction of sp³-hybridized carbons (Fsp3) is 0.524. The van der Waals surface area contributed by atoms with Crippen LogP contribution in [-0.4, -0.2) is 45.7 Å². The summed E-state index contributed by atoms with van der Waals surface area (Å²) in [5.74, 6) is 0. The van der Waals surface area contributed by atoms with Crippen molar-refractivity contribution in [3.63, 3.8) is 0 Å². The van der Waals surface area contributed by atoms with Crippen LogP contribution in [0, 0.1) is 0 Å². The molecule has 1 aromatic rings. The van der Waals surface area contributed by atoms with Crippen molar-refractivity contribution in [3.8, 4) is 0 Å². The van der Waals surface area contributed by atoms with Crippen molar-refractivity contribution in [1.82, 2.24) is 4.90 Å². The minimum Gasteiger partial charge on any atom is -0.443 e. The molecule has 0 aromatic heterocycles. The third kappa shape index (κ3) is 8.10. The number of benzene rings is 1. The molecule has 0 bridgehead atoms. The molecule has 0 fully saturated rings. The Hall–Kier alpha value is -2.38. The van der Waals surface area contributed by atoms with Gasteiger partial charge in [0.05, 0.1) is 6.04 Å². The highest BCUT2D eigenvalue weighted by Gasteiger charge is 2.38. The molecule has 1 N–H and O–H groups in total. The van der Waals surface area contributed by atoms with Crippen molar-refractivity contribution in [2.75, 3.05) is 0 Å². The highest BCUT2D eigenvalue weighted by atomic mass is 17.1. The topological polar surface area (TPSA) is 85.3 Å². The summed E-state index contributed by atoms with van der Waals surface area (Å²) in [6, 6.07) is 8.46. The molecule has 2 amide bonds. The monoisotopic (exact) mass is 393 g/mol. The van der Waals surface area contributed by atoms with Crippen LogP contribution in [0.1, 0.15) is 54.0 Å². The van der Waals surface area contributed by atoms with Crippen LogP contribution in [0.2, 0.25) is 0 Å². The van der Waals surface area contributed by atoms with Crippen LogP contribution in [0.25, 0.3) is 6.08 Å². The van der Waals surface area contributed by atoms with E-state index in [2.05, 4.69) is 4.89 Å². The van der Waals surface area contributed by atoms with Crippen molar-refractivity contribution in [2.45, 2.75) is 71.8 Å². The molecule has 0 saturated heterocycles. The number of amides is 2. The Labute approximate surface area is 166 Å². The summed E-state index contributed by atoms with van der Waals surface area (Å²) in [5.41, 5.74) is -0.753. The molecule has 28 heavy (non-hydrogen) atoms. The van der Waals surface area contributed by atoms with Crippen LogP contribution < -0.4 is 0 Å². The molecule has 0 unspecified atom stereocenters. The quantitative estimate of drug-likeness (QED) is 0.552. The van der Waals surface area contributed by atoms with Crippen LogP contribution in [0.5, 0.6) is 0 Å². The number of carbonyl (C=O) groups is 2. The molecule has 0 aliphatic heterocycles. The summed E-state index contributed by atoms with van der Waals surface area (Å²) in [7, 11) is 0. The largest absolute Gasteiger partial charge is 0.443 e. The van der Waals surface area contributed by atoms with Crippen molar-refractivity contribution in [2.24, 2.45) is 0 Å². The fourth-order valence-corrected chi connectivity index (χ4v) is 2.23. The Morgan fingerprint density at radius 1 is 0.964 bits per heavy atom. The van der Waals surface area contributed by atoms with E-state index in [0.29, 0.717) is 0 Å². The van der Waals surface area contributed by atoms with E-state index in [-0.39, 0.29) is 0 Å². The van der Waals surface area contributed by atoms with Crippen LogP contribution in [-0.2, 0) is 14.4 Å². The maximum atomic E-state index is 12.7. The van der Waals surface area contributed by atoms with Gasteiger partial charge in [-0.1, -0.05) is 42.5 Å². The van der Waals surface area contributed by atoms with E-state index in [9.17, 15) is 14.8 Å². The standard InChI is InChI=1S/C21H31NO6/c1-15(17(28-25)14-13-16-11-9-8-10-12-16)22(18(23)26-20(2,3)4)19(24)27-21(5,6)7/h8-15,17,25H,1-7H3/b14-13+/t15-,17+/m0/s1. The highest BCUT2D eigenvalue weighted by Crippen LogP contribution is 2.20. The SMILES string of the molecule is C[C@@H]([C@@H](/C=C/c1ccccc1)OO)N(C(=O)OC(C)(C)C)C(=O)OC(C)(C)C. The van der Waals surface area contributed by atoms with E-state index < -0.39 is 35.5 Å². The van der Waals surface area contributed by atoms with Gasteiger partial charge in [0.2, 0.25) is 0 Å². The van der Waals surface area contributed by atoms with Crippen molar-refractivity contribution in [1.29, 1.82) is 0 Å². The lowest BCUT2D eigenvalue weighted by Gasteiger charge is -2.33. The van der Waals surface area contributed by atoms with Crippen molar-refractivity contribution < 1.29 is 29.2 Å². The van der Waals surface area contributed by atoms with Gasteiger partial charge in [-0.15, -0.1) is 0 Å². The molecule has 7 nitrogen and oxygen atoms in total. The first-order chi connectivity index (χ1) is 12.8. The van der Waals surface area contributed by atoms with Gasteiger partial charge in [0.15, 0.2) is 0 Å². The van der Waals surface area contributed by atoms with E-state index in [1.54, 1.807) is 60.6 Å². The highest BCUT2D eigenvalue weighted by molar-refractivity contribution is 5.88. The Balaban J connectivity index is 3.12. The predicted molar refractivity (Wildman–Crippen MR) is 107 cm³/mol. The lowest BCUT2D eigenvalue weighted by atomic mass is 10.1. The third-order valence-corrected chi connectivity index (χ3v) is 3.46. The average Bonchev–Trinajstić information content (AvgIpc) is 2.53. The number of ether oxygens (including phenoxy) is 2. The smallest absolute Gasteiger partial charge is 0.420 e. The number of hydrogen-bond acceptors (Lipinski definition) is 6. The predicted octanol–water partition coefficient (Wildman–Crippen LogP) is 5.12. The first kappa shape index (κ1) is 23.7. The zero-order valence-electron chi connectivity index (χ0n) is 17.6. The van der Waals surface area contributed by atoms with E-state index in [4.69, 9.17) is 9.47 Å². The van der Waals surface area contributed by atoms with Gasteiger partial charge in [-0.05, 0) is 54.0 Å². The minimum atomic E-state index is -0.986. The van der Waals surface area contributed by atoms with Crippen LogP contribution in [0.15, 0.2) is 36.4 Å². The lowest BCUT2D eigenvalue weighted by molar-refractivity contribution is -0.274. The lowest BCUT2D eigenvalue weighted by Crippen LogP contribution is -2.52. The molecule has 0 aliphatic carbocycles. The second-order valence-corrected chi connectivity index (χ2v) is 8.41. The molecular weight excluding hydrogens is 362 g/mol. The molecule has 2 atom stereocenters. The van der Waals surface area contributed by atoms with Gasteiger partial charge in [0.25, 0.3) is 0 Å². The van der Waals surface area contributed by atoms with Crippen molar-refractivity contribution in [3.05, 3.63) is 42.0 Å². The zero-order valence-corrected chi connectivity index (χ0v) is 17.6. The second-order valence-electron chi connectivity index (χ2n) is 8.41. The summed E-state index contributed by atoms with van der Waals surface area (Å²) in [6.45, 7) is 11.7. The average molecular weight is 393 g/mol. The molecule has 0 spiro atoms. The van der Waals surface area contributed by atoms with Crippen LogP contribution in [0.3, 0.4) is 0 Å². The number of hydrogen-bond donors (Lipinski definition) is 1. The number of rotatable bonds is 5. The minimum absolute atomic E-state index is 0.812. The molecule has 0 saturated carbocycles. The molecule has 1 rings (SSSR count). The first-order valence-electron chi connectivity index (χ1n) is 9.13. The number of carbonyl (C=O) groups excluding carboxylic acids is 2. The number of nitrogens with zero attached hydrogens (tertiary/aromatic N) is 1. The van der Waals surface area contributed by atoms with Gasteiger partial charge in [0.1, 0.15) is 17.3 Å². The molecule has 1 aromatic carbocycles. The maximum Gasteiger partial charge on any atom is 0.420 e. The van der Waals surface area contributed by atoms with Gasteiger partial charge >= 0.3 is 12.2 Å². The van der Waals surface area contributed by atoms with Gasteiger partial charge < -0.3 is 9.47 Å². The summed E-state index contributed by atoms with van der Waals surface area (Å²) in [5, 5.41) is 9.37. The molecule has 0 aliphatic rings. The molecule has 0 heterocycles. The summed E-state index contributed by atoms with van der Waals surface area (Å²) in [6.07, 6.45) is 0.524. The maximum absolute atomic E-state index is 12.7. The van der Waals surface area contributed by atoms with Crippen LogP contribution >= 0.6 is 0 Å². The van der Waals surface area contributed by atoms with Crippen molar-refractivity contribution >= 4 is 18.3 Å². The zero-order chi connectivity index (χ0) is 21.5. The Bertz CT molecular complexity index is 644. The molecule has 0 radical (unpaired) electrons. The second kappa shape index (κ2) is 9.71. The number of imide groups is 1.